The molecule has 0 bridgehead atoms. The number of carbonyl (C=O) groups excluding carboxylic acids is 2. The molecule has 1 aliphatic heterocycles. The average molecular weight is 331 g/mol. The minimum Gasteiger partial charge on any atom is -0.463 e. The van der Waals surface area contributed by atoms with E-state index in [-0.39, 0.29) is 37.4 Å². The first-order valence-electron chi connectivity index (χ1n) is 8.14. The molecule has 2 atom stereocenters. The van der Waals surface area contributed by atoms with Gasteiger partial charge >= 0.3 is 5.97 Å². The lowest BCUT2D eigenvalue weighted by atomic mass is 9.94. The van der Waals surface area contributed by atoms with Gasteiger partial charge in [0, 0.05) is 13.7 Å². The SMILES string of the molecule is COCCOC(=O)C[C@@H](CNC(=O)C1COCCO1)CC(C)C. The van der Waals surface area contributed by atoms with Crippen LogP contribution in [0, 0.1) is 11.8 Å². The fraction of sp³-hybridized carbons (Fsp3) is 0.875. The molecule has 1 unspecified atom stereocenters. The zero-order valence-electron chi connectivity index (χ0n) is 14.3. The molecule has 1 fully saturated rings. The number of hydrogen-bond acceptors (Lipinski definition) is 6. The Morgan fingerprint density at radius 1 is 1.26 bits per heavy atom. The molecule has 1 heterocycles. The molecular formula is C16H29NO6. The molecule has 0 saturated carbocycles. The molecule has 1 N–H and O–H groups in total. The van der Waals surface area contributed by atoms with Gasteiger partial charge in [-0.3, -0.25) is 9.59 Å². The van der Waals surface area contributed by atoms with E-state index < -0.39 is 6.10 Å². The van der Waals surface area contributed by atoms with Gasteiger partial charge in [-0.2, -0.15) is 0 Å². The van der Waals surface area contributed by atoms with Gasteiger partial charge in [-0.05, 0) is 18.3 Å². The van der Waals surface area contributed by atoms with Gasteiger partial charge in [-0.1, -0.05) is 13.8 Å². The highest BCUT2D eigenvalue weighted by Crippen LogP contribution is 2.16. The Hall–Kier alpha value is -1.18. The van der Waals surface area contributed by atoms with E-state index >= 15 is 0 Å². The van der Waals surface area contributed by atoms with E-state index in [9.17, 15) is 9.59 Å². The van der Waals surface area contributed by atoms with Gasteiger partial charge in [0.25, 0.3) is 5.91 Å². The number of amides is 1. The highest BCUT2D eigenvalue weighted by atomic mass is 16.6. The average Bonchev–Trinajstić information content (AvgIpc) is 2.53. The fourth-order valence-electron chi connectivity index (χ4n) is 2.44. The van der Waals surface area contributed by atoms with E-state index in [0.29, 0.717) is 32.3 Å². The normalized spacial score (nSPS) is 19.4. The van der Waals surface area contributed by atoms with Crippen molar-refractivity contribution in [3.05, 3.63) is 0 Å². The van der Waals surface area contributed by atoms with E-state index in [1.54, 1.807) is 7.11 Å². The summed E-state index contributed by atoms with van der Waals surface area (Å²) in [4.78, 5) is 23.9. The summed E-state index contributed by atoms with van der Waals surface area (Å²) in [6, 6.07) is 0. The summed E-state index contributed by atoms with van der Waals surface area (Å²) < 4.78 is 20.5. The van der Waals surface area contributed by atoms with E-state index in [0.717, 1.165) is 6.42 Å². The molecule has 0 aromatic heterocycles. The highest BCUT2D eigenvalue weighted by Gasteiger charge is 2.24. The summed E-state index contributed by atoms with van der Waals surface area (Å²) in [5, 5.41) is 2.85. The summed E-state index contributed by atoms with van der Waals surface area (Å²) in [5.74, 6) is 0.0156. The summed E-state index contributed by atoms with van der Waals surface area (Å²) in [6.45, 7) is 6.47. The van der Waals surface area contributed by atoms with Crippen molar-refractivity contribution in [2.45, 2.75) is 32.8 Å². The largest absolute Gasteiger partial charge is 0.463 e. The van der Waals surface area contributed by atoms with Crippen LogP contribution in [0.3, 0.4) is 0 Å². The first-order valence-corrected chi connectivity index (χ1v) is 8.14. The summed E-state index contributed by atoms with van der Waals surface area (Å²) in [6.07, 6.45) is 0.559. The number of nitrogens with one attached hydrogen (secondary N) is 1. The molecule has 7 nitrogen and oxygen atoms in total. The van der Waals surface area contributed by atoms with Crippen molar-refractivity contribution in [1.82, 2.24) is 5.32 Å². The molecule has 1 amide bonds. The highest BCUT2D eigenvalue weighted by molar-refractivity contribution is 5.81. The number of ether oxygens (including phenoxy) is 4. The van der Waals surface area contributed by atoms with Crippen LogP contribution in [0.25, 0.3) is 0 Å². The van der Waals surface area contributed by atoms with Gasteiger partial charge in [-0.25, -0.2) is 0 Å². The van der Waals surface area contributed by atoms with Crippen molar-refractivity contribution in [3.63, 3.8) is 0 Å². The van der Waals surface area contributed by atoms with Crippen LogP contribution >= 0.6 is 0 Å². The lowest BCUT2D eigenvalue weighted by Gasteiger charge is -2.24. The number of carbonyl (C=O) groups is 2. The Morgan fingerprint density at radius 3 is 2.65 bits per heavy atom. The van der Waals surface area contributed by atoms with Crippen molar-refractivity contribution < 1.29 is 28.5 Å². The van der Waals surface area contributed by atoms with Crippen LogP contribution in [0.1, 0.15) is 26.7 Å². The first-order chi connectivity index (χ1) is 11.0. The zero-order chi connectivity index (χ0) is 17.1. The second-order valence-electron chi connectivity index (χ2n) is 6.09. The zero-order valence-corrected chi connectivity index (χ0v) is 14.3. The third-order valence-corrected chi connectivity index (χ3v) is 3.48. The number of methoxy groups -OCH3 is 1. The molecule has 23 heavy (non-hydrogen) atoms. The Labute approximate surface area is 138 Å². The van der Waals surface area contributed by atoms with Crippen molar-refractivity contribution in [1.29, 1.82) is 0 Å². The van der Waals surface area contributed by atoms with Crippen LogP contribution in [-0.4, -0.2) is 64.7 Å². The summed E-state index contributed by atoms with van der Waals surface area (Å²) in [7, 11) is 1.56. The van der Waals surface area contributed by atoms with Crippen molar-refractivity contribution in [3.8, 4) is 0 Å². The Balaban J connectivity index is 2.37. The van der Waals surface area contributed by atoms with Gasteiger partial charge < -0.3 is 24.3 Å². The third kappa shape index (κ3) is 8.88. The van der Waals surface area contributed by atoms with Crippen LogP contribution in [0.5, 0.6) is 0 Å². The van der Waals surface area contributed by atoms with Crippen LogP contribution in [0.2, 0.25) is 0 Å². The topological polar surface area (TPSA) is 83.1 Å². The molecule has 0 spiro atoms. The van der Waals surface area contributed by atoms with Crippen LogP contribution in [0.4, 0.5) is 0 Å². The van der Waals surface area contributed by atoms with E-state index in [1.165, 1.54) is 0 Å². The summed E-state index contributed by atoms with van der Waals surface area (Å²) in [5.41, 5.74) is 0. The minimum absolute atomic E-state index is 0.0403. The molecule has 1 rings (SSSR count). The fourth-order valence-corrected chi connectivity index (χ4v) is 2.44. The van der Waals surface area contributed by atoms with Crippen molar-refractivity contribution in [2.75, 3.05) is 46.7 Å². The lowest BCUT2D eigenvalue weighted by Crippen LogP contribution is -2.44. The minimum atomic E-state index is -0.558. The maximum atomic E-state index is 12.0. The smallest absolute Gasteiger partial charge is 0.306 e. The second-order valence-corrected chi connectivity index (χ2v) is 6.09. The molecule has 0 aliphatic carbocycles. The van der Waals surface area contributed by atoms with Gasteiger partial charge in [0.1, 0.15) is 6.61 Å². The number of hydrogen-bond donors (Lipinski definition) is 1. The van der Waals surface area contributed by atoms with Gasteiger partial charge in [0.15, 0.2) is 6.10 Å². The maximum absolute atomic E-state index is 12.0. The summed E-state index contributed by atoms with van der Waals surface area (Å²) >= 11 is 0. The van der Waals surface area contributed by atoms with Gasteiger partial charge in [0.05, 0.1) is 32.8 Å². The first kappa shape index (κ1) is 19.9. The van der Waals surface area contributed by atoms with Gasteiger partial charge in [-0.15, -0.1) is 0 Å². The Morgan fingerprint density at radius 2 is 2.04 bits per heavy atom. The van der Waals surface area contributed by atoms with Crippen LogP contribution in [0.15, 0.2) is 0 Å². The molecule has 0 aromatic carbocycles. The van der Waals surface area contributed by atoms with E-state index in [4.69, 9.17) is 18.9 Å². The maximum Gasteiger partial charge on any atom is 0.306 e. The lowest BCUT2D eigenvalue weighted by molar-refractivity contribution is -0.149. The van der Waals surface area contributed by atoms with E-state index in [1.807, 2.05) is 0 Å². The third-order valence-electron chi connectivity index (χ3n) is 3.48. The molecular weight excluding hydrogens is 302 g/mol. The monoisotopic (exact) mass is 331 g/mol. The molecule has 1 saturated heterocycles. The van der Waals surface area contributed by atoms with Crippen LogP contribution in [-0.2, 0) is 28.5 Å². The predicted octanol–water partition coefficient (Wildman–Crippen LogP) is 0.760. The molecule has 7 heteroatoms. The van der Waals surface area contributed by atoms with Crippen molar-refractivity contribution >= 4 is 11.9 Å². The second kappa shape index (κ2) is 11.4. The van der Waals surface area contributed by atoms with Crippen LogP contribution < -0.4 is 5.32 Å². The molecule has 1 aliphatic rings. The standard InChI is InChI=1S/C16H29NO6/c1-12(2)8-13(9-15(18)23-6-4-20-3)10-17-16(19)14-11-21-5-7-22-14/h12-14H,4-11H2,1-3H3,(H,17,19)/t13-,14?/m0/s1. The van der Waals surface area contributed by atoms with Gasteiger partial charge in [0.2, 0.25) is 0 Å². The van der Waals surface area contributed by atoms with E-state index in [2.05, 4.69) is 19.2 Å². The Kier molecular flexibility index (Phi) is 9.82. The number of rotatable bonds is 10. The Bertz CT molecular complexity index is 354. The molecule has 0 aromatic rings. The molecule has 134 valence electrons. The quantitative estimate of drug-likeness (QED) is 0.470. The predicted molar refractivity (Wildman–Crippen MR) is 84.0 cm³/mol. The van der Waals surface area contributed by atoms with Crippen molar-refractivity contribution in [2.24, 2.45) is 11.8 Å². The number of esters is 1. The molecule has 0 radical (unpaired) electrons.